The van der Waals surface area contributed by atoms with Crippen molar-refractivity contribution in [2.24, 2.45) is 13.0 Å². The number of pyridine rings is 1. The number of rotatable bonds is 3. The highest BCUT2D eigenvalue weighted by atomic mass is 79.9. The molecule has 0 amide bonds. The first-order valence-corrected chi connectivity index (χ1v) is 7.76. The van der Waals surface area contributed by atoms with E-state index < -0.39 is 0 Å². The summed E-state index contributed by atoms with van der Waals surface area (Å²) >= 11 is 3.51. The summed E-state index contributed by atoms with van der Waals surface area (Å²) in [5.41, 5.74) is 2.57. The molecule has 0 bridgehead atoms. The molecule has 0 aromatic carbocycles. The molecule has 3 rings (SSSR count). The fourth-order valence-corrected chi connectivity index (χ4v) is 3.03. The molecule has 0 spiro atoms. The molecule has 1 fully saturated rings. The van der Waals surface area contributed by atoms with Gasteiger partial charge in [0.15, 0.2) is 0 Å². The Hall–Kier alpha value is -1.36. The maximum absolute atomic E-state index is 4.53. The molecule has 0 radical (unpaired) electrons. The molecule has 20 heavy (non-hydrogen) atoms. The molecule has 4 nitrogen and oxygen atoms in total. The normalized spacial score (nSPS) is 18.8. The summed E-state index contributed by atoms with van der Waals surface area (Å²) in [5, 5.41) is 4.24. The van der Waals surface area contributed by atoms with Crippen molar-refractivity contribution in [3.05, 3.63) is 40.3 Å². The van der Waals surface area contributed by atoms with Gasteiger partial charge >= 0.3 is 0 Å². The van der Waals surface area contributed by atoms with Crippen molar-refractivity contribution in [3.63, 3.8) is 0 Å². The van der Waals surface area contributed by atoms with Crippen molar-refractivity contribution in [1.82, 2.24) is 14.8 Å². The smallest absolute Gasteiger partial charge is 0.128 e. The first-order chi connectivity index (χ1) is 9.61. The monoisotopic (exact) mass is 334 g/mol. The van der Waals surface area contributed by atoms with Crippen LogP contribution in [0.25, 0.3) is 0 Å². The maximum Gasteiger partial charge on any atom is 0.128 e. The lowest BCUT2D eigenvalue weighted by molar-refractivity contribution is 0.586. The van der Waals surface area contributed by atoms with Gasteiger partial charge in [0, 0.05) is 37.0 Å². The molecule has 106 valence electrons. The van der Waals surface area contributed by atoms with Crippen molar-refractivity contribution in [2.45, 2.75) is 19.8 Å². The molecule has 0 saturated carbocycles. The molecule has 1 unspecified atom stereocenters. The van der Waals surface area contributed by atoms with Gasteiger partial charge in [-0.2, -0.15) is 5.10 Å². The summed E-state index contributed by atoms with van der Waals surface area (Å²) in [6.07, 6.45) is 8.33. The Morgan fingerprint density at radius 3 is 2.95 bits per heavy atom. The molecule has 1 aliphatic rings. The number of nitrogens with zero attached hydrogens (tertiary/aromatic N) is 4. The largest absolute Gasteiger partial charge is 0.356 e. The minimum atomic E-state index is 0.699. The Bertz CT molecular complexity index is 608. The predicted octanol–water partition coefficient (Wildman–Crippen LogP) is 2.96. The Morgan fingerprint density at radius 2 is 2.25 bits per heavy atom. The highest BCUT2D eigenvalue weighted by Gasteiger charge is 2.24. The predicted molar refractivity (Wildman–Crippen MR) is 83.9 cm³/mol. The van der Waals surface area contributed by atoms with Gasteiger partial charge < -0.3 is 4.90 Å². The molecule has 2 aromatic heterocycles. The molecule has 3 heterocycles. The van der Waals surface area contributed by atoms with E-state index in [1.165, 1.54) is 17.5 Å². The second kappa shape index (κ2) is 5.56. The van der Waals surface area contributed by atoms with Crippen LogP contribution in [0.15, 0.2) is 29.1 Å². The van der Waals surface area contributed by atoms with Crippen LogP contribution in [0, 0.1) is 12.8 Å². The Balaban J connectivity index is 1.65. The van der Waals surface area contributed by atoms with Crippen molar-refractivity contribution >= 4 is 21.7 Å². The van der Waals surface area contributed by atoms with Gasteiger partial charge in [0.25, 0.3) is 0 Å². The van der Waals surface area contributed by atoms with Gasteiger partial charge in [-0.1, -0.05) is 0 Å². The third-order valence-corrected chi connectivity index (χ3v) is 4.76. The van der Waals surface area contributed by atoms with Crippen LogP contribution in [0.2, 0.25) is 0 Å². The number of anilines is 1. The van der Waals surface area contributed by atoms with Gasteiger partial charge in [-0.05, 0) is 58.8 Å². The van der Waals surface area contributed by atoms with Crippen LogP contribution >= 0.6 is 15.9 Å². The Labute approximate surface area is 127 Å². The van der Waals surface area contributed by atoms with Gasteiger partial charge in [-0.25, -0.2) is 4.98 Å². The van der Waals surface area contributed by atoms with E-state index >= 15 is 0 Å². The van der Waals surface area contributed by atoms with E-state index in [1.54, 1.807) is 0 Å². The zero-order valence-electron chi connectivity index (χ0n) is 11.9. The Kier molecular flexibility index (Phi) is 3.78. The van der Waals surface area contributed by atoms with Crippen LogP contribution in [-0.2, 0) is 13.5 Å². The summed E-state index contributed by atoms with van der Waals surface area (Å²) in [6, 6.07) is 2.16. The van der Waals surface area contributed by atoms with E-state index in [-0.39, 0.29) is 0 Å². The summed E-state index contributed by atoms with van der Waals surface area (Å²) in [5.74, 6) is 1.80. The lowest BCUT2D eigenvalue weighted by atomic mass is 10.0. The average molecular weight is 335 g/mol. The second-order valence-corrected chi connectivity index (χ2v) is 6.47. The van der Waals surface area contributed by atoms with Crippen LogP contribution in [-0.4, -0.2) is 27.9 Å². The van der Waals surface area contributed by atoms with E-state index in [0.29, 0.717) is 5.92 Å². The van der Waals surface area contributed by atoms with Crippen molar-refractivity contribution in [2.75, 3.05) is 18.0 Å². The first kappa shape index (κ1) is 13.6. The standard InChI is InChI=1S/C15H19BrN4/c1-11-5-15(17-8-14(11)16)20-4-3-12(10-20)6-13-7-18-19(2)9-13/h5,7-9,12H,3-4,6,10H2,1-2H3. The molecule has 0 N–H and O–H groups in total. The minimum Gasteiger partial charge on any atom is -0.356 e. The quantitative estimate of drug-likeness (QED) is 0.865. The number of aromatic nitrogens is 3. The summed E-state index contributed by atoms with van der Waals surface area (Å²) < 4.78 is 2.95. The topological polar surface area (TPSA) is 34.0 Å². The minimum absolute atomic E-state index is 0.699. The number of hydrogen-bond donors (Lipinski definition) is 0. The van der Waals surface area contributed by atoms with E-state index in [0.717, 1.165) is 29.8 Å². The zero-order valence-corrected chi connectivity index (χ0v) is 13.5. The molecule has 1 aliphatic heterocycles. The SMILES string of the molecule is Cc1cc(N2CCC(Cc3cnn(C)c3)C2)ncc1Br. The zero-order chi connectivity index (χ0) is 14.1. The summed E-state index contributed by atoms with van der Waals surface area (Å²) in [7, 11) is 1.97. The van der Waals surface area contributed by atoms with E-state index in [2.05, 4.69) is 50.1 Å². The van der Waals surface area contributed by atoms with E-state index in [1.807, 2.05) is 24.1 Å². The molecule has 1 saturated heterocycles. The van der Waals surface area contributed by atoms with Gasteiger partial charge in [0.05, 0.1) is 6.20 Å². The molecule has 5 heteroatoms. The van der Waals surface area contributed by atoms with Crippen LogP contribution in [0.3, 0.4) is 0 Å². The third kappa shape index (κ3) is 2.87. The van der Waals surface area contributed by atoms with Gasteiger partial charge in [-0.15, -0.1) is 0 Å². The highest BCUT2D eigenvalue weighted by molar-refractivity contribution is 9.10. The van der Waals surface area contributed by atoms with Gasteiger partial charge in [0.1, 0.15) is 5.82 Å². The van der Waals surface area contributed by atoms with Crippen LogP contribution in [0.4, 0.5) is 5.82 Å². The van der Waals surface area contributed by atoms with Crippen molar-refractivity contribution in [3.8, 4) is 0 Å². The number of aryl methyl sites for hydroxylation is 2. The molecular weight excluding hydrogens is 316 g/mol. The van der Waals surface area contributed by atoms with Crippen LogP contribution in [0.1, 0.15) is 17.5 Å². The number of halogens is 1. The van der Waals surface area contributed by atoms with Crippen LogP contribution < -0.4 is 4.90 Å². The van der Waals surface area contributed by atoms with Gasteiger partial charge in [0.2, 0.25) is 0 Å². The maximum atomic E-state index is 4.53. The highest BCUT2D eigenvalue weighted by Crippen LogP contribution is 2.27. The lowest BCUT2D eigenvalue weighted by Gasteiger charge is -2.18. The third-order valence-electron chi connectivity index (χ3n) is 3.93. The fourth-order valence-electron chi connectivity index (χ4n) is 2.82. The van der Waals surface area contributed by atoms with Crippen molar-refractivity contribution < 1.29 is 0 Å². The van der Waals surface area contributed by atoms with E-state index in [4.69, 9.17) is 0 Å². The Morgan fingerprint density at radius 1 is 1.40 bits per heavy atom. The molecular formula is C15H19BrN4. The summed E-state index contributed by atoms with van der Waals surface area (Å²) in [4.78, 5) is 6.92. The lowest BCUT2D eigenvalue weighted by Crippen LogP contribution is -2.21. The van der Waals surface area contributed by atoms with Crippen molar-refractivity contribution in [1.29, 1.82) is 0 Å². The first-order valence-electron chi connectivity index (χ1n) is 6.96. The van der Waals surface area contributed by atoms with Gasteiger partial charge in [-0.3, -0.25) is 4.68 Å². The van der Waals surface area contributed by atoms with E-state index in [9.17, 15) is 0 Å². The summed E-state index contributed by atoms with van der Waals surface area (Å²) in [6.45, 7) is 4.29. The average Bonchev–Trinajstić information content (AvgIpc) is 3.03. The fraction of sp³-hybridized carbons (Fsp3) is 0.467. The second-order valence-electron chi connectivity index (χ2n) is 5.62. The molecule has 1 atom stereocenters. The van der Waals surface area contributed by atoms with Crippen LogP contribution in [0.5, 0.6) is 0 Å². The number of hydrogen-bond acceptors (Lipinski definition) is 3. The molecule has 0 aliphatic carbocycles. The molecule has 2 aromatic rings.